The molecule has 1 amide bonds. The van der Waals surface area contributed by atoms with Crippen molar-refractivity contribution in [3.05, 3.63) is 12.2 Å². The lowest BCUT2D eigenvalue weighted by atomic mass is 10.3. The Morgan fingerprint density at radius 3 is 2.56 bits per heavy atom. The molecule has 156 valence electrons. The topological polar surface area (TPSA) is 78.6 Å². The summed E-state index contributed by atoms with van der Waals surface area (Å²) in [5.74, 6) is 1.86. The van der Waals surface area contributed by atoms with E-state index >= 15 is 0 Å². The summed E-state index contributed by atoms with van der Waals surface area (Å²) >= 11 is 0. The molecule has 1 heterocycles. The van der Waals surface area contributed by atoms with Gasteiger partial charge in [-0.3, -0.25) is 9.79 Å². The Morgan fingerprint density at radius 2 is 1.96 bits per heavy atom. The summed E-state index contributed by atoms with van der Waals surface area (Å²) in [7, 11) is 1.91. The van der Waals surface area contributed by atoms with Crippen LogP contribution in [0, 0.1) is 0 Å². The standard InChI is InChI=1S/C18H35N7O.HI/c1-6-10-11-19-18(23(5)14-17(26)24(8-3)9-4)20-12-13-25-15-21-22-16(25)7-2;/h15H,6-14H2,1-5H3,(H,19,20);1H. The number of halogens is 1. The van der Waals surface area contributed by atoms with E-state index in [-0.39, 0.29) is 29.9 Å². The van der Waals surface area contributed by atoms with Gasteiger partial charge in [0.25, 0.3) is 0 Å². The monoisotopic (exact) mass is 493 g/mol. The highest BCUT2D eigenvalue weighted by molar-refractivity contribution is 14.0. The second-order valence-corrected chi connectivity index (χ2v) is 6.20. The molecule has 1 N–H and O–H groups in total. The third kappa shape index (κ3) is 8.89. The van der Waals surface area contributed by atoms with E-state index in [2.05, 4.69) is 34.4 Å². The molecular formula is C18H36IN7O. The molecule has 8 nitrogen and oxygen atoms in total. The molecule has 27 heavy (non-hydrogen) atoms. The zero-order valence-corrected chi connectivity index (χ0v) is 19.8. The molecule has 1 aromatic heterocycles. The van der Waals surface area contributed by atoms with Crippen LogP contribution < -0.4 is 5.32 Å². The maximum atomic E-state index is 12.4. The van der Waals surface area contributed by atoms with Crippen LogP contribution in [0.2, 0.25) is 0 Å². The smallest absolute Gasteiger partial charge is 0.242 e. The van der Waals surface area contributed by atoms with Crippen LogP contribution in [0.15, 0.2) is 11.3 Å². The van der Waals surface area contributed by atoms with E-state index in [0.29, 0.717) is 13.1 Å². The van der Waals surface area contributed by atoms with Crippen LogP contribution in [0.1, 0.15) is 46.4 Å². The van der Waals surface area contributed by atoms with Gasteiger partial charge in [0, 0.05) is 46.2 Å². The van der Waals surface area contributed by atoms with Gasteiger partial charge in [0.1, 0.15) is 12.2 Å². The molecule has 0 aliphatic carbocycles. The highest BCUT2D eigenvalue weighted by Crippen LogP contribution is 1.97. The third-order valence-corrected chi connectivity index (χ3v) is 4.27. The summed E-state index contributed by atoms with van der Waals surface area (Å²) in [5, 5.41) is 11.4. The lowest BCUT2D eigenvalue weighted by molar-refractivity contribution is -0.131. The van der Waals surface area contributed by atoms with Crippen LogP contribution in [0.4, 0.5) is 0 Å². The van der Waals surface area contributed by atoms with Crippen LogP contribution in [-0.2, 0) is 17.8 Å². The quantitative estimate of drug-likeness (QED) is 0.221. The minimum absolute atomic E-state index is 0. The Bertz CT molecular complexity index is 558. The lowest BCUT2D eigenvalue weighted by Crippen LogP contribution is -2.46. The number of aliphatic imine (C=N–C) groups is 1. The number of unbranched alkanes of at least 4 members (excludes halogenated alkanes) is 1. The van der Waals surface area contributed by atoms with Gasteiger partial charge in [0.15, 0.2) is 5.96 Å². The summed E-state index contributed by atoms with van der Waals surface area (Å²) in [6, 6.07) is 0. The minimum Gasteiger partial charge on any atom is -0.354 e. The number of carbonyl (C=O) groups excluding carboxylic acids is 1. The van der Waals surface area contributed by atoms with Crippen LogP contribution >= 0.6 is 24.0 Å². The number of guanidine groups is 1. The molecule has 0 saturated carbocycles. The molecular weight excluding hydrogens is 457 g/mol. The van der Waals surface area contributed by atoms with Gasteiger partial charge in [0.2, 0.25) is 5.91 Å². The Kier molecular flexibility index (Phi) is 13.9. The molecule has 0 fully saturated rings. The van der Waals surface area contributed by atoms with E-state index in [1.807, 2.05) is 35.3 Å². The first-order chi connectivity index (χ1) is 12.6. The normalized spacial score (nSPS) is 11.1. The Balaban J connectivity index is 0.00000676. The molecule has 0 aromatic carbocycles. The summed E-state index contributed by atoms with van der Waals surface area (Å²) in [6.07, 6.45) is 4.74. The molecule has 9 heteroatoms. The van der Waals surface area contributed by atoms with Crippen molar-refractivity contribution in [2.45, 2.75) is 53.5 Å². The highest BCUT2D eigenvalue weighted by Gasteiger charge is 2.15. The van der Waals surface area contributed by atoms with Gasteiger partial charge in [-0.15, -0.1) is 34.2 Å². The van der Waals surface area contributed by atoms with Crippen molar-refractivity contribution in [1.29, 1.82) is 0 Å². The predicted octanol–water partition coefficient (Wildman–Crippen LogP) is 2.00. The van der Waals surface area contributed by atoms with Crippen molar-refractivity contribution < 1.29 is 4.79 Å². The van der Waals surface area contributed by atoms with Gasteiger partial charge in [-0.25, -0.2) is 0 Å². The number of hydrogen-bond donors (Lipinski definition) is 1. The van der Waals surface area contributed by atoms with Gasteiger partial charge >= 0.3 is 0 Å². The van der Waals surface area contributed by atoms with Crippen LogP contribution in [0.3, 0.4) is 0 Å². The number of likely N-dealkylation sites (N-methyl/N-ethyl adjacent to an activating group) is 2. The second kappa shape index (κ2) is 14.6. The summed E-state index contributed by atoms with van der Waals surface area (Å²) < 4.78 is 2.04. The van der Waals surface area contributed by atoms with Crippen LogP contribution in [0.5, 0.6) is 0 Å². The maximum Gasteiger partial charge on any atom is 0.242 e. The van der Waals surface area contributed by atoms with Gasteiger partial charge in [-0.1, -0.05) is 20.3 Å². The van der Waals surface area contributed by atoms with E-state index in [9.17, 15) is 4.79 Å². The van der Waals surface area contributed by atoms with Gasteiger partial charge in [-0.05, 0) is 20.3 Å². The predicted molar refractivity (Wildman–Crippen MR) is 121 cm³/mol. The van der Waals surface area contributed by atoms with Crippen molar-refractivity contribution >= 4 is 35.8 Å². The second-order valence-electron chi connectivity index (χ2n) is 6.20. The lowest BCUT2D eigenvalue weighted by Gasteiger charge is -2.26. The molecule has 1 aromatic rings. The average Bonchev–Trinajstić information content (AvgIpc) is 3.09. The molecule has 0 aliphatic rings. The number of aryl methyl sites for hydroxylation is 1. The molecule has 0 bridgehead atoms. The molecule has 0 unspecified atom stereocenters. The summed E-state index contributed by atoms with van der Waals surface area (Å²) in [6.45, 7) is 12.2. The molecule has 1 rings (SSSR count). The fourth-order valence-corrected chi connectivity index (χ4v) is 2.64. The Hall–Kier alpha value is -1.39. The highest BCUT2D eigenvalue weighted by atomic mass is 127. The van der Waals surface area contributed by atoms with Crippen molar-refractivity contribution in [2.75, 3.05) is 39.8 Å². The number of rotatable bonds is 11. The molecule has 0 saturated heterocycles. The SMILES string of the molecule is CCCCN=C(NCCn1cnnc1CC)N(C)CC(=O)N(CC)CC.I. The van der Waals surface area contributed by atoms with E-state index in [0.717, 1.165) is 57.2 Å². The van der Waals surface area contributed by atoms with E-state index < -0.39 is 0 Å². The molecule has 0 atom stereocenters. The van der Waals surface area contributed by atoms with Gasteiger partial charge < -0.3 is 19.7 Å². The van der Waals surface area contributed by atoms with Crippen LogP contribution in [-0.4, -0.2) is 76.2 Å². The van der Waals surface area contributed by atoms with Crippen molar-refractivity contribution in [2.24, 2.45) is 4.99 Å². The number of aromatic nitrogens is 3. The Morgan fingerprint density at radius 1 is 1.26 bits per heavy atom. The minimum atomic E-state index is 0. The van der Waals surface area contributed by atoms with Gasteiger partial charge in [0.05, 0.1) is 6.54 Å². The zero-order chi connectivity index (χ0) is 19.4. The van der Waals surface area contributed by atoms with E-state index in [1.165, 1.54) is 0 Å². The first kappa shape index (κ1) is 25.6. The number of nitrogens with one attached hydrogen (secondary N) is 1. The third-order valence-electron chi connectivity index (χ3n) is 4.27. The molecule has 0 radical (unpaired) electrons. The fourth-order valence-electron chi connectivity index (χ4n) is 2.64. The van der Waals surface area contributed by atoms with Crippen molar-refractivity contribution in [3.8, 4) is 0 Å². The fraction of sp³-hybridized carbons (Fsp3) is 0.778. The zero-order valence-electron chi connectivity index (χ0n) is 17.4. The first-order valence-corrected chi connectivity index (χ1v) is 9.71. The van der Waals surface area contributed by atoms with E-state index in [1.54, 1.807) is 6.33 Å². The molecule has 0 spiro atoms. The number of hydrogen-bond acceptors (Lipinski definition) is 4. The maximum absolute atomic E-state index is 12.4. The average molecular weight is 493 g/mol. The van der Waals surface area contributed by atoms with E-state index in [4.69, 9.17) is 0 Å². The summed E-state index contributed by atoms with van der Waals surface area (Å²) in [4.78, 5) is 20.8. The van der Waals surface area contributed by atoms with Crippen molar-refractivity contribution in [3.63, 3.8) is 0 Å². The largest absolute Gasteiger partial charge is 0.354 e. The van der Waals surface area contributed by atoms with Gasteiger partial charge in [-0.2, -0.15) is 0 Å². The van der Waals surface area contributed by atoms with Crippen molar-refractivity contribution in [1.82, 2.24) is 29.9 Å². The summed E-state index contributed by atoms with van der Waals surface area (Å²) in [5.41, 5.74) is 0. The number of carbonyl (C=O) groups is 1. The van der Waals surface area contributed by atoms with Crippen LogP contribution in [0.25, 0.3) is 0 Å². The Labute approximate surface area is 180 Å². The first-order valence-electron chi connectivity index (χ1n) is 9.71. The molecule has 0 aliphatic heterocycles. The number of amides is 1. The number of nitrogens with zero attached hydrogens (tertiary/aromatic N) is 6.